The Labute approximate surface area is 247 Å². The normalized spacial score (nSPS) is 14.8. The highest BCUT2D eigenvalue weighted by Gasteiger charge is 2.35. The van der Waals surface area contributed by atoms with Crippen molar-refractivity contribution in [1.29, 1.82) is 0 Å². The van der Waals surface area contributed by atoms with Crippen LogP contribution in [0.15, 0.2) is 51.4 Å². The Bertz CT molecular complexity index is 1710. The van der Waals surface area contributed by atoms with E-state index in [1.807, 2.05) is 22.6 Å². The van der Waals surface area contributed by atoms with E-state index in [0.717, 1.165) is 0 Å². The lowest BCUT2D eigenvalue weighted by atomic mass is 9.95. The van der Waals surface area contributed by atoms with Gasteiger partial charge in [0.2, 0.25) is 0 Å². The molecule has 0 saturated heterocycles. The lowest BCUT2D eigenvalue weighted by Crippen LogP contribution is -2.40. The van der Waals surface area contributed by atoms with Crippen LogP contribution in [0.2, 0.25) is 0 Å². The van der Waals surface area contributed by atoms with Gasteiger partial charge in [-0.2, -0.15) is 0 Å². The van der Waals surface area contributed by atoms with Gasteiger partial charge in [-0.15, -0.1) is 0 Å². The van der Waals surface area contributed by atoms with Crippen molar-refractivity contribution >= 4 is 51.9 Å². The van der Waals surface area contributed by atoms with Crippen molar-refractivity contribution in [3.63, 3.8) is 0 Å². The van der Waals surface area contributed by atoms with Gasteiger partial charge in [0.15, 0.2) is 16.3 Å². The number of allylic oxidation sites excluding steroid dienone is 1. The molecular formula is C28H27IN2O8S. The summed E-state index contributed by atoms with van der Waals surface area (Å²) in [7, 11) is 4.52. The second-order valence-electron chi connectivity index (χ2n) is 8.54. The Morgan fingerprint density at radius 2 is 1.82 bits per heavy atom. The number of halogens is 1. The van der Waals surface area contributed by atoms with E-state index in [4.69, 9.17) is 23.7 Å². The van der Waals surface area contributed by atoms with Crippen LogP contribution in [-0.2, 0) is 14.3 Å². The van der Waals surface area contributed by atoms with Crippen LogP contribution in [0.5, 0.6) is 23.0 Å². The maximum Gasteiger partial charge on any atom is 0.338 e. The van der Waals surface area contributed by atoms with Crippen LogP contribution in [0.1, 0.15) is 37.9 Å². The van der Waals surface area contributed by atoms with E-state index in [-0.39, 0.29) is 17.7 Å². The Morgan fingerprint density at radius 3 is 2.45 bits per heavy atom. The molecule has 40 heavy (non-hydrogen) atoms. The fourth-order valence-corrected chi connectivity index (χ4v) is 6.13. The van der Waals surface area contributed by atoms with Crippen LogP contribution >= 0.6 is 33.9 Å². The van der Waals surface area contributed by atoms with Crippen LogP contribution in [0.3, 0.4) is 0 Å². The largest absolute Gasteiger partial charge is 0.497 e. The number of ether oxygens (including phenoxy) is 5. The number of esters is 2. The minimum Gasteiger partial charge on any atom is -0.497 e. The fraction of sp³-hybridized carbons (Fsp3) is 0.286. The minimum atomic E-state index is -0.848. The Kier molecular flexibility index (Phi) is 8.98. The van der Waals surface area contributed by atoms with Gasteiger partial charge in [-0.1, -0.05) is 11.3 Å². The first-order chi connectivity index (χ1) is 19.1. The molecule has 0 amide bonds. The smallest absolute Gasteiger partial charge is 0.338 e. The van der Waals surface area contributed by atoms with Crippen molar-refractivity contribution < 1.29 is 33.3 Å². The van der Waals surface area contributed by atoms with Crippen molar-refractivity contribution in [2.24, 2.45) is 4.99 Å². The summed E-state index contributed by atoms with van der Waals surface area (Å²) in [5, 5.41) is 0. The number of aromatic nitrogens is 1. The van der Waals surface area contributed by atoms with Gasteiger partial charge in [0.05, 0.1) is 47.3 Å². The zero-order valence-corrected chi connectivity index (χ0v) is 25.7. The maximum atomic E-state index is 13.9. The molecule has 3 aromatic rings. The van der Waals surface area contributed by atoms with E-state index >= 15 is 0 Å². The molecule has 1 aliphatic rings. The summed E-state index contributed by atoms with van der Waals surface area (Å²) in [5.41, 5.74) is 1.57. The molecule has 2 heterocycles. The van der Waals surface area contributed by atoms with Crippen LogP contribution in [0.25, 0.3) is 6.08 Å². The SMILES string of the molecule is CCOC(=O)C1=C(C)N=c2s/c(=C\c3cc(I)c(OC(C)=O)c(OC)c3)c(=O)n2[C@H]1c1ccc(OC)cc1OC. The minimum absolute atomic E-state index is 0.163. The first kappa shape index (κ1) is 29.3. The molecule has 1 aliphatic heterocycles. The number of benzene rings is 2. The average molecular weight is 679 g/mol. The van der Waals surface area contributed by atoms with Gasteiger partial charge in [-0.05, 0) is 72.3 Å². The third-order valence-electron chi connectivity index (χ3n) is 6.05. The van der Waals surface area contributed by atoms with Crippen molar-refractivity contribution in [1.82, 2.24) is 4.57 Å². The number of fused-ring (bicyclic) bond motifs is 1. The lowest BCUT2D eigenvalue weighted by molar-refractivity contribution is -0.139. The van der Waals surface area contributed by atoms with Crippen LogP contribution in [-0.4, -0.2) is 44.4 Å². The van der Waals surface area contributed by atoms with Gasteiger partial charge in [0, 0.05) is 18.6 Å². The second-order valence-corrected chi connectivity index (χ2v) is 10.7. The first-order valence-corrected chi connectivity index (χ1v) is 14.0. The Balaban J connectivity index is 1.96. The van der Waals surface area contributed by atoms with E-state index in [0.29, 0.717) is 52.7 Å². The highest BCUT2D eigenvalue weighted by atomic mass is 127. The zero-order chi connectivity index (χ0) is 29.1. The Morgan fingerprint density at radius 1 is 1.10 bits per heavy atom. The summed E-state index contributed by atoms with van der Waals surface area (Å²) in [6.45, 7) is 4.91. The van der Waals surface area contributed by atoms with E-state index in [1.54, 1.807) is 57.4 Å². The monoisotopic (exact) mass is 678 g/mol. The summed E-state index contributed by atoms with van der Waals surface area (Å²) < 4.78 is 29.6. The number of carbonyl (C=O) groups is 2. The Hall–Kier alpha value is -3.65. The maximum absolute atomic E-state index is 13.9. The summed E-state index contributed by atoms with van der Waals surface area (Å²) in [5.74, 6) is 0.612. The number of thiazole rings is 1. The van der Waals surface area contributed by atoms with Crippen LogP contribution in [0, 0.1) is 3.57 Å². The molecule has 1 atom stereocenters. The fourth-order valence-electron chi connectivity index (χ4n) is 4.35. The molecule has 0 aliphatic carbocycles. The van der Waals surface area contributed by atoms with Gasteiger partial charge in [0.25, 0.3) is 5.56 Å². The van der Waals surface area contributed by atoms with Crippen LogP contribution in [0.4, 0.5) is 0 Å². The van der Waals surface area contributed by atoms with E-state index in [2.05, 4.69) is 4.99 Å². The van der Waals surface area contributed by atoms with E-state index < -0.39 is 18.0 Å². The predicted molar refractivity (Wildman–Crippen MR) is 157 cm³/mol. The third-order valence-corrected chi connectivity index (χ3v) is 7.83. The molecule has 4 rings (SSSR count). The van der Waals surface area contributed by atoms with Crippen molar-refractivity contribution in [3.05, 3.63) is 76.0 Å². The highest BCUT2D eigenvalue weighted by Crippen LogP contribution is 2.38. The van der Waals surface area contributed by atoms with E-state index in [1.165, 1.54) is 37.0 Å². The summed E-state index contributed by atoms with van der Waals surface area (Å²) in [4.78, 5) is 43.7. The number of rotatable bonds is 8. The second kappa shape index (κ2) is 12.3. The van der Waals surface area contributed by atoms with Gasteiger partial charge < -0.3 is 23.7 Å². The number of nitrogens with zero attached hydrogens (tertiary/aromatic N) is 2. The summed E-state index contributed by atoms with van der Waals surface area (Å²) in [6, 6.07) is 7.81. The zero-order valence-electron chi connectivity index (χ0n) is 22.7. The molecule has 0 bridgehead atoms. The summed E-state index contributed by atoms with van der Waals surface area (Å²) in [6.07, 6.45) is 1.71. The molecular weight excluding hydrogens is 651 g/mol. The van der Waals surface area contributed by atoms with Crippen molar-refractivity contribution in [2.75, 3.05) is 27.9 Å². The molecule has 0 unspecified atom stereocenters. The van der Waals surface area contributed by atoms with Gasteiger partial charge in [0.1, 0.15) is 17.5 Å². The van der Waals surface area contributed by atoms with Gasteiger partial charge in [-0.25, -0.2) is 9.79 Å². The molecule has 0 spiro atoms. The topological polar surface area (TPSA) is 115 Å². The van der Waals surface area contributed by atoms with Crippen molar-refractivity contribution in [3.8, 4) is 23.0 Å². The number of hydrogen-bond acceptors (Lipinski definition) is 10. The van der Waals surface area contributed by atoms with Gasteiger partial charge in [-0.3, -0.25) is 14.2 Å². The number of carbonyl (C=O) groups excluding carboxylic acids is 2. The molecule has 0 N–H and O–H groups in total. The molecule has 2 aromatic carbocycles. The lowest BCUT2D eigenvalue weighted by Gasteiger charge is -2.26. The molecule has 210 valence electrons. The average Bonchev–Trinajstić information content (AvgIpc) is 3.22. The third kappa shape index (κ3) is 5.63. The summed E-state index contributed by atoms with van der Waals surface area (Å²) >= 11 is 3.23. The predicted octanol–water partition coefficient (Wildman–Crippen LogP) is 3.35. The molecule has 10 nitrogen and oxygen atoms in total. The molecule has 0 radical (unpaired) electrons. The first-order valence-electron chi connectivity index (χ1n) is 12.1. The molecule has 12 heteroatoms. The van der Waals surface area contributed by atoms with Crippen LogP contribution < -0.4 is 33.8 Å². The highest BCUT2D eigenvalue weighted by molar-refractivity contribution is 14.1. The van der Waals surface area contributed by atoms with Crippen molar-refractivity contribution in [2.45, 2.75) is 26.8 Å². The number of methoxy groups -OCH3 is 3. The number of hydrogen-bond donors (Lipinski definition) is 0. The molecule has 0 saturated carbocycles. The standard InChI is InChI=1S/C28H27IN2O8S/c1-7-38-27(34)23-14(2)30-28-31(24(23)18-9-8-17(35-4)13-20(18)36-5)26(33)22(40-28)12-16-10-19(29)25(39-15(3)32)21(11-16)37-6/h8-13,24H,7H2,1-6H3/b22-12-/t24-/m0/s1. The van der Waals surface area contributed by atoms with Gasteiger partial charge >= 0.3 is 11.9 Å². The molecule has 0 fully saturated rings. The molecule has 1 aromatic heterocycles. The van der Waals surface area contributed by atoms with E-state index in [9.17, 15) is 14.4 Å². The quantitative estimate of drug-likeness (QED) is 0.203.